The van der Waals surface area contributed by atoms with Gasteiger partial charge in [-0.25, -0.2) is 0 Å². The average Bonchev–Trinajstić information content (AvgIpc) is 2.93. The zero-order valence-corrected chi connectivity index (χ0v) is 12.3. The molecule has 1 aliphatic rings. The minimum absolute atomic E-state index is 0.0373. The third-order valence-electron chi connectivity index (χ3n) is 3.78. The lowest BCUT2D eigenvalue weighted by atomic mass is 10.1. The van der Waals surface area contributed by atoms with Crippen molar-refractivity contribution >= 4 is 11.6 Å². The second-order valence-electron chi connectivity index (χ2n) is 5.77. The van der Waals surface area contributed by atoms with Crippen molar-refractivity contribution in [1.29, 1.82) is 0 Å². The minimum Gasteiger partial charge on any atom is -0.330 e. The molecule has 1 aliphatic heterocycles. The van der Waals surface area contributed by atoms with E-state index >= 15 is 0 Å². The fraction of sp³-hybridized carbons (Fsp3) is 0.562. The van der Waals surface area contributed by atoms with Crippen LogP contribution in [0.25, 0.3) is 0 Å². The molecular formula is C16H25N3O. The number of nitrogens with zero attached hydrogens (tertiary/aromatic N) is 1. The van der Waals surface area contributed by atoms with E-state index in [2.05, 4.69) is 22.3 Å². The Bertz CT molecular complexity index is 424. The van der Waals surface area contributed by atoms with Crippen LogP contribution in [0.2, 0.25) is 0 Å². The molecule has 1 fully saturated rings. The number of nitrogens with two attached hydrogens (primary N) is 1. The van der Waals surface area contributed by atoms with E-state index in [0.717, 1.165) is 12.2 Å². The van der Waals surface area contributed by atoms with Gasteiger partial charge < -0.3 is 11.1 Å². The third-order valence-corrected chi connectivity index (χ3v) is 3.78. The molecule has 1 saturated heterocycles. The van der Waals surface area contributed by atoms with Crippen LogP contribution in [-0.2, 0) is 11.3 Å². The Labute approximate surface area is 121 Å². The van der Waals surface area contributed by atoms with E-state index < -0.39 is 0 Å². The SMILES string of the molecule is CC(CN)CC(=O)Nc1ccc(CN2CCCC2)cc1. The Morgan fingerprint density at radius 3 is 2.55 bits per heavy atom. The second kappa shape index (κ2) is 7.41. The van der Waals surface area contributed by atoms with Crippen LogP contribution in [-0.4, -0.2) is 30.4 Å². The summed E-state index contributed by atoms with van der Waals surface area (Å²) in [5.41, 5.74) is 7.70. The number of carbonyl (C=O) groups excluding carboxylic acids is 1. The molecule has 4 heteroatoms. The molecule has 2 rings (SSSR count). The highest BCUT2D eigenvalue weighted by Crippen LogP contribution is 2.15. The summed E-state index contributed by atoms with van der Waals surface area (Å²) in [7, 11) is 0. The smallest absolute Gasteiger partial charge is 0.224 e. The molecule has 0 radical (unpaired) electrons. The van der Waals surface area contributed by atoms with Crippen molar-refractivity contribution in [1.82, 2.24) is 4.90 Å². The Morgan fingerprint density at radius 1 is 1.30 bits per heavy atom. The van der Waals surface area contributed by atoms with Crippen molar-refractivity contribution in [3.05, 3.63) is 29.8 Å². The number of hydrogen-bond donors (Lipinski definition) is 2. The van der Waals surface area contributed by atoms with Gasteiger partial charge in [-0.2, -0.15) is 0 Å². The van der Waals surface area contributed by atoms with Gasteiger partial charge in [0, 0.05) is 18.7 Å². The minimum atomic E-state index is 0.0373. The standard InChI is InChI=1S/C16H25N3O/c1-13(11-17)10-16(20)18-15-6-4-14(5-7-15)12-19-8-2-3-9-19/h4-7,13H,2-3,8-12,17H2,1H3,(H,18,20). The van der Waals surface area contributed by atoms with Gasteiger partial charge in [-0.05, 0) is 56.1 Å². The summed E-state index contributed by atoms with van der Waals surface area (Å²) in [4.78, 5) is 14.2. The van der Waals surface area contributed by atoms with Gasteiger partial charge in [-0.3, -0.25) is 9.69 Å². The largest absolute Gasteiger partial charge is 0.330 e. The molecule has 20 heavy (non-hydrogen) atoms. The van der Waals surface area contributed by atoms with Crippen molar-refractivity contribution < 1.29 is 4.79 Å². The topological polar surface area (TPSA) is 58.4 Å². The van der Waals surface area contributed by atoms with Crippen molar-refractivity contribution in [3.8, 4) is 0 Å². The van der Waals surface area contributed by atoms with Gasteiger partial charge in [0.25, 0.3) is 0 Å². The van der Waals surface area contributed by atoms with E-state index in [-0.39, 0.29) is 11.8 Å². The fourth-order valence-electron chi connectivity index (χ4n) is 2.50. The van der Waals surface area contributed by atoms with Crippen molar-refractivity contribution in [2.24, 2.45) is 11.7 Å². The Balaban J connectivity index is 1.83. The number of hydrogen-bond acceptors (Lipinski definition) is 3. The van der Waals surface area contributed by atoms with Gasteiger partial charge in [0.05, 0.1) is 0 Å². The van der Waals surface area contributed by atoms with Gasteiger partial charge in [0.15, 0.2) is 0 Å². The highest BCUT2D eigenvalue weighted by molar-refractivity contribution is 5.90. The number of nitrogens with one attached hydrogen (secondary N) is 1. The molecule has 1 amide bonds. The number of likely N-dealkylation sites (tertiary alicyclic amines) is 1. The molecule has 4 nitrogen and oxygen atoms in total. The van der Waals surface area contributed by atoms with E-state index in [1.54, 1.807) is 0 Å². The van der Waals surface area contributed by atoms with E-state index in [1.807, 2.05) is 19.1 Å². The maximum Gasteiger partial charge on any atom is 0.224 e. The van der Waals surface area contributed by atoms with Crippen LogP contribution in [0, 0.1) is 5.92 Å². The van der Waals surface area contributed by atoms with Crippen molar-refractivity contribution in [2.45, 2.75) is 32.7 Å². The lowest BCUT2D eigenvalue weighted by molar-refractivity contribution is -0.116. The molecule has 3 N–H and O–H groups in total. The van der Waals surface area contributed by atoms with Gasteiger partial charge in [0.1, 0.15) is 0 Å². The summed E-state index contributed by atoms with van der Waals surface area (Å²) in [6.07, 6.45) is 3.10. The summed E-state index contributed by atoms with van der Waals surface area (Å²) in [6.45, 7) is 5.95. The summed E-state index contributed by atoms with van der Waals surface area (Å²) < 4.78 is 0. The quantitative estimate of drug-likeness (QED) is 0.837. The second-order valence-corrected chi connectivity index (χ2v) is 5.77. The Hall–Kier alpha value is -1.39. The fourth-order valence-corrected chi connectivity index (χ4v) is 2.50. The van der Waals surface area contributed by atoms with Crippen LogP contribution in [0.5, 0.6) is 0 Å². The summed E-state index contributed by atoms with van der Waals surface area (Å²) in [6, 6.07) is 8.16. The summed E-state index contributed by atoms with van der Waals surface area (Å²) >= 11 is 0. The van der Waals surface area contributed by atoms with E-state index in [9.17, 15) is 4.79 Å². The molecule has 0 aliphatic carbocycles. The molecule has 0 aromatic heterocycles. The third kappa shape index (κ3) is 4.62. The van der Waals surface area contributed by atoms with Crippen LogP contribution >= 0.6 is 0 Å². The van der Waals surface area contributed by atoms with E-state index in [4.69, 9.17) is 5.73 Å². The highest BCUT2D eigenvalue weighted by Gasteiger charge is 2.12. The highest BCUT2D eigenvalue weighted by atomic mass is 16.1. The van der Waals surface area contributed by atoms with Crippen molar-refractivity contribution in [2.75, 3.05) is 25.0 Å². The predicted molar refractivity (Wildman–Crippen MR) is 82.4 cm³/mol. The summed E-state index contributed by atoms with van der Waals surface area (Å²) in [5.74, 6) is 0.264. The van der Waals surface area contributed by atoms with Crippen LogP contribution in [0.4, 0.5) is 5.69 Å². The zero-order valence-electron chi connectivity index (χ0n) is 12.3. The van der Waals surface area contributed by atoms with Crippen LogP contribution < -0.4 is 11.1 Å². The van der Waals surface area contributed by atoms with Gasteiger partial charge in [-0.1, -0.05) is 19.1 Å². The molecule has 1 unspecified atom stereocenters. The maximum absolute atomic E-state index is 11.8. The predicted octanol–water partition coefficient (Wildman–Crippen LogP) is 2.21. The zero-order chi connectivity index (χ0) is 14.4. The molecule has 0 saturated carbocycles. The first kappa shape index (κ1) is 15.0. The van der Waals surface area contributed by atoms with Crippen LogP contribution in [0.1, 0.15) is 31.7 Å². The molecule has 110 valence electrons. The Morgan fingerprint density at radius 2 is 1.95 bits per heavy atom. The number of rotatable bonds is 6. The lowest BCUT2D eigenvalue weighted by Crippen LogP contribution is -2.20. The average molecular weight is 275 g/mol. The molecule has 1 heterocycles. The first-order valence-electron chi connectivity index (χ1n) is 7.48. The number of benzene rings is 1. The van der Waals surface area contributed by atoms with E-state index in [1.165, 1.54) is 31.5 Å². The number of anilines is 1. The van der Waals surface area contributed by atoms with Gasteiger partial charge in [-0.15, -0.1) is 0 Å². The van der Waals surface area contributed by atoms with Gasteiger partial charge >= 0.3 is 0 Å². The van der Waals surface area contributed by atoms with Gasteiger partial charge in [0.2, 0.25) is 5.91 Å². The normalized spacial score (nSPS) is 17.1. The van der Waals surface area contributed by atoms with Crippen LogP contribution in [0.15, 0.2) is 24.3 Å². The molecule has 0 bridgehead atoms. The molecule has 1 aromatic rings. The number of amides is 1. The van der Waals surface area contributed by atoms with Crippen LogP contribution in [0.3, 0.4) is 0 Å². The molecular weight excluding hydrogens is 250 g/mol. The Kier molecular flexibility index (Phi) is 5.56. The van der Waals surface area contributed by atoms with E-state index in [0.29, 0.717) is 13.0 Å². The maximum atomic E-state index is 11.8. The molecule has 1 atom stereocenters. The molecule has 1 aromatic carbocycles. The van der Waals surface area contributed by atoms with Crippen molar-refractivity contribution in [3.63, 3.8) is 0 Å². The lowest BCUT2D eigenvalue weighted by Gasteiger charge is -2.15. The first-order valence-corrected chi connectivity index (χ1v) is 7.48. The number of carbonyl (C=O) groups is 1. The monoisotopic (exact) mass is 275 g/mol. The molecule has 0 spiro atoms. The first-order chi connectivity index (χ1) is 9.67. The summed E-state index contributed by atoms with van der Waals surface area (Å²) in [5, 5.41) is 2.92.